The van der Waals surface area contributed by atoms with Crippen molar-refractivity contribution < 1.29 is 38.8 Å². The molecular weight excluding hydrogens is 584 g/mol. The molecule has 0 aliphatic heterocycles. The van der Waals surface area contributed by atoms with Crippen LogP contribution in [0.2, 0.25) is 0 Å². The first-order valence-electron chi connectivity index (χ1n) is 17.6. The Labute approximate surface area is 278 Å². The van der Waals surface area contributed by atoms with E-state index in [4.69, 9.17) is 14.2 Å². The molecule has 2 rings (SSSR count). The molecule has 46 heavy (non-hydrogen) atoms. The average molecular weight is 647 g/mol. The highest BCUT2D eigenvalue weighted by Gasteiger charge is 2.38. The third kappa shape index (κ3) is 13.7. The maximum Gasteiger partial charge on any atom is 0.333 e. The number of rotatable bonds is 21. The third-order valence-corrected chi connectivity index (χ3v) is 10.3. The molecule has 0 aromatic rings. The second-order valence-electron chi connectivity index (χ2n) is 14.4. The van der Waals surface area contributed by atoms with E-state index in [9.17, 15) is 24.6 Å². The molecule has 0 saturated heterocycles. The van der Waals surface area contributed by atoms with E-state index in [-0.39, 0.29) is 56.2 Å². The van der Waals surface area contributed by atoms with E-state index in [0.29, 0.717) is 12.3 Å². The summed E-state index contributed by atoms with van der Waals surface area (Å²) in [7, 11) is 0. The van der Waals surface area contributed by atoms with Crippen LogP contribution in [0.15, 0.2) is 36.5 Å². The maximum absolute atomic E-state index is 12.9. The van der Waals surface area contributed by atoms with Crippen LogP contribution in [0.3, 0.4) is 0 Å². The largest absolute Gasteiger partial charge is 0.461 e. The van der Waals surface area contributed by atoms with Gasteiger partial charge in [-0.05, 0) is 82.5 Å². The van der Waals surface area contributed by atoms with E-state index in [1.807, 2.05) is 0 Å². The fourth-order valence-electron chi connectivity index (χ4n) is 7.05. The van der Waals surface area contributed by atoms with E-state index in [1.54, 1.807) is 13.8 Å². The van der Waals surface area contributed by atoms with Crippen LogP contribution in [-0.2, 0) is 28.6 Å². The number of carbonyl (C=O) groups is 3. The minimum Gasteiger partial charge on any atom is -0.461 e. The highest BCUT2D eigenvalue weighted by molar-refractivity contribution is 5.88. The van der Waals surface area contributed by atoms with Crippen LogP contribution in [0, 0.1) is 35.0 Å². The summed E-state index contributed by atoms with van der Waals surface area (Å²) in [6.07, 6.45) is 17.1. The lowest BCUT2D eigenvalue weighted by Crippen LogP contribution is -2.40. The maximum atomic E-state index is 12.9. The van der Waals surface area contributed by atoms with E-state index in [1.165, 1.54) is 64.2 Å². The molecule has 8 nitrogen and oxygen atoms in total. The standard InChI is InChI=1S/C38H62O8/c1-7-8-9-10-30-11-15-33(16-12-30)34-17-13-31(14-18-34)19-20-38(24-44-35(41)27(2)3,25-45-36(42)28(4)5)26-46-37(43)29(6)21-32(22-39)23-40/h30-34,39-40H,2,4,6-26H2,1,3,5H3. The number of hydrogen-bond donors (Lipinski definition) is 2. The normalized spacial score (nSPS) is 21.8. The summed E-state index contributed by atoms with van der Waals surface area (Å²) < 4.78 is 16.9. The molecule has 0 atom stereocenters. The first kappa shape index (κ1) is 39.7. The highest BCUT2D eigenvalue weighted by atomic mass is 16.6. The number of aliphatic hydroxyl groups excluding tert-OH is 2. The van der Waals surface area contributed by atoms with Crippen LogP contribution in [0.1, 0.15) is 117 Å². The van der Waals surface area contributed by atoms with Crippen molar-refractivity contribution >= 4 is 17.9 Å². The second kappa shape index (κ2) is 20.7. The molecule has 262 valence electrons. The lowest BCUT2D eigenvalue weighted by atomic mass is 9.67. The van der Waals surface area contributed by atoms with Crippen molar-refractivity contribution in [2.45, 2.75) is 117 Å². The molecule has 0 heterocycles. The van der Waals surface area contributed by atoms with Crippen LogP contribution in [0.5, 0.6) is 0 Å². The van der Waals surface area contributed by atoms with Crippen molar-refractivity contribution in [1.82, 2.24) is 0 Å². The van der Waals surface area contributed by atoms with Gasteiger partial charge in [0.1, 0.15) is 19.8 Å². The summed E-state index contributed by atoms with van der Waals surface area (Å²) in [5.74, 6) is 0.704. The molecule has 0 unspecified atom stereocenters. The zero-order chi connectivity index (χ0) is 34.1. The minimum absolute atomic E-state index is 0.0812. The molecule has 2 aliphatic carbocycles. The highest BCUT2D eigenvalue weighted by Crippen LogP contribution is 2.44. The van der Waals surface area contributed by atoms with Crippen molar-refractivity contribution in [2.24, 2.45) is 35.0 Å². The molecule has 2 fully saturated rings. The number of unbranched alkanes of at least 4 members (excludes halogenated alkanes) is 2. The van der Waals surface area contributed by atoms with Crippen molar-refractivity contribution in [3.63, 3.8) is 0 Å². The zero-order valence-electron chi connectivity index (χ0n) is 29.0. The molecule has 0 aromatic carbocycles. The van der Waals surface area contributed by atoms with E-state index in [0.717, 1.165) is 37.0 Å². The molecular formula is C38H62O8. The van der Waals surface area contributed by atoms with Gasteiger partial charge in [0.15, 0.2) is 0 Å². The fourth-order valence-corrected chi connectivity index (χ4v) is 7.05. The Bertz CT molecular complexity index is 966. The Morgan fingerprint density at radius 1 is 0.696 bits per heavy atom. The summed E-state index contributed by atoms with van der Waals surface area (Å²) in [6, 6.07) is 0. The van der Waals surface area contributed by atoms with Crippen molar-refractivity contribution in [3.8, 4) is 0 Å². The Balaban J connectivity index is 2.07. The van der Waals surface area contributed by atoms with Crippen molar-refractivity contribution in [3.05, 3.63) is 36.5 Å². The van der Waals surface area contributed by atoms with Gasteiger partial charge in [-0.25, -0.2) is 14.4 Å². The molecule has 0 radical (unpaired) electrons. The van der Waals surface area contributed by atoms with Crippen LogP contribution >= 0.6 is 0 Å². The number of hydrogen-bond acceptors (Lipinski definition) is 8. The molecule has 0 bridgehead atoms. The quantitative estimate of drug-likeness (QED) is 0.0578. The summed E-state index contributed by atoms with van der Waals surface area (Å²) in [5.41, 5.74) is -0.378. The summed E-state index contributed by atoms with van der Waals surface area (Å²) in [5, 5.41) is 18.8. The fraction of sp³-hybridized carbons (Fsp3) is 0.763. The average Bonchev–Trinajstić information content (AvgIpc) is 3.06. The van der Waals surface area contributed by atoms with Gasteiger partial charge in [0.2, 0.25) is 0 Å². The Morgan fingerprint density at radius 3 is 1.54 bits per heavy atom. The lowest BCUT2D eigenvalue weighted by molar-refractivity contribution is -0.158. The number of esters is 3. The Morgan fingerprint density at radius 2 is 1.13 bits per heavy atom. The van der Waals surface area contributed by atoms with Crippen LogP contribution < -0.4 is 0 Å². The van der Waals surface area contributed by atoms with E-state index in [2.05, 4.69) is 26.7 Å². The SMILES string of the molecule is C=C(C)C(=O)OCC(CCC1CCC(C2CCC(CCCCC)CC2)CC1)(COC(=O)C(=C)C)COC(=O)C(=C)CC(CO)CO. The number of carbonyl (C=O) groups excluding carboxylic acids is 3. The van der Waals surface area contributed by atoms with Crippen molar-refractivity contribution in [2.75, 3.05) is 33.0 Å². The van der Waals surface area contributed by atoms with Gasteiger partial charge in [-0.3, -0.25) is 0 Å². The number of aliphatic hydroxyl groups is 2. The summed E-state index contributed by atoms with van der Waals surface area (Å²) in [6.45, 7) is 15.5. The van der Waals surface area contributed by atoms with Crippen molar-refractivity contribution in [1.29, 1.82) is 0 Å². The minimum atomic E-state index is -0.980. The number of ether oxygens (including phenoxy) is 3. The third-order valence-electron chi connectivity index (χ3n) is 10.3. The molecule has 2 saturated carbocycles. The van der Waals surface area contributed by atoms with Gasteiger partial charge >= 0.3 is 17.9 Å². The monoisotopic (exact) mass is 646 g/mol. The lowest BCUT2D eigenvalue weighted by Gasteiger charge is -2.39. The van der Waals surface area contributed by atoms with Gasteiger partial charge in [-0.15, -0.1) is 0 Å². The van der Waals surface area contributed by atoms with E-state index >= 15 is 0 Å². The predicted octanol–water partition coefficient (Wildman–Crippen LogP) is 7.28. The van der Waals surface area contributed by atoms with Gasteiger partial charge in [0, 0.05) is 35.9 Å². The summed E-state index contributed by atoms with van der Waals surface area (Å²) in [4.78, 5) is 37.8. The van der Waals surface area contributed by atoms with Crippen LogP contribution in [0.4, 0.5) is 0 Å². The molecule has 2 aliphatic rings. The smallest absolute Gasteiger partial charge is 0.333 e. The van der Waals surface area contributed by atoms with E-state index < -0.39 is 29.2 Å². The second-order valence-corrected chi connectivity index (χ2v) is 14.4. The Kier molecular flexibility index (Phi) is 17.9. The molecule has 0 spiro atoms. The first-order chi connectivity index (χ1) is 21.9. The molecule has 0 aromatic heterocycles. The van der Waals surface area contributed by atoms with Gasteiger partial charge < -0.3 is 24.4 Å². The van der Waals surface area contributed by atoms with Gasteiger partial charge in [-0.2, -0.15) is 0 Å². The first-order valence-corrected chi connectivity index (χ1v) is 17.6. The van der Waals surface area contributed by atoms with Crippen LogP contribution in [0.25, 0.3) is 0 Å². The predicted molar refractivity (Wildman–Crippen MR) is 181 cm³/mol. The Hall–Kier alpha value is -2.45. The van der Waals surface area contributed by atoms with Crippen LogP contribution in [-0.4, -0.2) is 61.2 Å². The topological polar surface area (TPSA) is 119 Å². The summed E-state index contributed by atoms with van der Waals surface area (Å²) >= 11 is 0. The zero-order valence-corrected chi connectivity index (χ0v) is 29.0. The van der Waals surface area contributed by atoms with Gasteiger partial charge in [-0.1, -0.05) is 78.0 Å². The molecule has 2 N–H and O–H groups in total. The molecule has 8 heteroatoms. The molecule has 0 amide bonds. The van der Waals surface area contributed by atoms with Gasteiger partial charge in [0.25, 0.3) is 0 Å². The van der Waals surface area contributed by atoms with Gasteiger partial charge in [0.05, 0.1) is 5.41 Å².